The van der Waals surface area contributed by atoms with E-state index in [4.69, 9.17) is 5.26 Å². The molecule has 1 aromatic heterocycles. The maximum atomic E-state index is 8.79. The van der Waals surface area contributed by atoms with Gasteiger partial charge in [0.15, 0.2) is 0 Å². The highest BCUT2D eigenvalue weighted by Gasteiger charge is 2.27. The second-order valence-electron chi connectivity index (χ2n) is 5.15. The monoisotopic (exact) mass is 243 g/mol. The van der Waals surface area contributed by atoms with Crippen LogP contribution in [-0.2, 0) is 0 Å². The van der Waals surface area contributed by atoms with Gasteiger partial charge in [-0.15, -0.1) is 0 Å². The molecule has 0 bridgehead atoms. The van der Waals surface area contributed by atoms with Crippen LogP contribution < -0.4 is 4.90 Å². The number of anilines is 1. The predicted molar refractivity (Wildman–Crippen MR) is 73.4 cm³/mol. The SMILES string of the molecule is CCC1CCCCC1N(C)c1ccc(C#N)cn1. The average molecular weight is 243 g/mol. The Hall–Kier alpha value is -1.56. The lowest BCUT2D eigenvalue weighted by atomic mass is 9.82. The summed E-state index contributed by atoms with van der Waals surface area (Å²) in [6.07, 6.45) is 8.19. The van der Waals surface area contributed by atoms with E-state index in [1.54, 1.807) is 6.20 Å². The summed E-state index contributed by atoms with van der Waals surface area (Å²) in [5, 5.41) is 8.79. The highest BCUT2D eigenvalue weighted by atomic mass is 15.2. The molecule has 0 N–H and O–H groups in total. The van der Waals surface area contributed by atoms with Gasteiger partial charge in [0.1, 0.15) is 11.9 Å². The number of pyridine rings is 1. The standard InChI is InChI=1S/C15H21N3/c1-3-13-6-4-5-7-14(13)18(2)15-9-8-12(10-16)11-17-15/h8-9,11,13-14H,3-7H2,1-2H3. The Morgan fingerprint density at radius 2 is 2.17 bits per heavy atom. The van der Waals surface area contributed by atoms with E-state index in [0.717, 1.165) is 11.7 Å². The van der Waals surface area contributed by atoms with E-state index >= 15 is 0 Å². The summed E-state index contributed by atoms with van der Waals surface area (Å²) in [5.74, 6) is 1.76. The van der Waals surface area contributed by atoms with Crippen LogP contribution in [0.4, 0.5) is 5.82 Å². The molecule has 0 aromatic carbocycles. The molecule has 0 spiro atoms. The van der Waals surface area contributed by atoms with E-state index in [0.29, 0.717) is 11.6 Å². The quantitative estimate of drug-likeness (QED) is 0.817. The van der Waals surface area contributed by atoms with Gasteiger partial charge in [-0.25, -0.2) is 4.98 Å². The van der Waals surface area contributed by atoms with Crippen LogP contribution in [-0.4, -0.2) is 18.1 Å². The smallest absolute Gasteiger partial charge is 0.128 e. The van der Waals surface area contributed by atoms with Gasteiger partial charge in [0, 0.05) is 19.3 Å². The lowest BCUT2D eigenvalue weighted by Crippen LogP contribution is -2.40. The number of nitriles is 1. The first kappa shape index (κ1) is 12.9. The Bertz CT molecular complexity index is 418. The topological polar surface area (TPSA) is 39.9 Å². The van der Waals surface area contributed by atoms with Crippen molar-refractivity contribution >= 4 is 5.82 Å². The summed E-state index contributed by atoms with van der Waals surface area (Å²) in [7, 11) is 2.13. The van der Waals surface area contributed by atoms with Crippen LogP contribution in [0.2, 0.25) is 0 Å². The third-order valence-electron chi connectivity index (χ3n) is 4.13. The molecular weight excluding hydrogens is 222 g/mol. The normalized spacial score (nSPS) is 23.4. The fraction of sp³-hybridized carbons (Fsp3) is 0.600. The van der Waals surface area contributed by atoms with Crippen molar-refractivity contribution in [3.8, 4) is 6.07 Å². The summed E-state index contributed by atoms with van der Waals surface area (Å²) in [5.41, 5.74) is 0.628. The van der Waals surface area contributed by atoms with Gasteiger partial charge in [0.25, 0.3) is 0 Å². The molecule has 18 heavy (non-hydrogen) atoms. The van der Waals surface area contributed by atoms with Crippen molar-refractivity contribution in [2.45, 2.75) is 45.1 Å². The molecule has 2 rings (SSSR count). The predicted octanol–water partition coefficient (Wildman–Crippen LogP) is 3.36. The highest BCUT2D eigenvalue weighted by molar-refractivity contribution is 5.42. The van der Waals surface area contributed by atoms with Crippen molar-refractivity contribution < 1.29 is 0 Å². The van der Waals surface area contributed by atoms with Crippen LogP contribution in [0.25, 0.3) is 0 Å². The number of aromatic nitrogens is 1. The molecule has 1 aliphatic carbocycles. The van der Waals surface area contributed by atoms with Gasteiger partial charge in [-0.3, -0.25) is 0 Å². The molecule has 0 saturated heterocycles. The first-order valence-electron chi connectivity index (χ1n) is 6.85. The fourth-order valence-electron chi connectivity index (χ4n) is 3.00. The van der Waals surface area contributed by atoms with Gasteiger partial charge in [0.2, 0.25) is 0 Å². The second-order valence-corrected chi connectivity index (χ2v) is 5.15. The van der Waals surface area contributed by atoms with E-state index < -0.39 is 0 Å². The molecule has 0 aliphatic heterocycles. The minimum Gasteiger partial charge on any atom is -0.356 e. The third-order valence-corrected chi connectivity index (χ3v) is 4.13. The minimum atomic E-state index is 0.601. The summed E-state index contributed by atoms with van der Waals surface area (Å²) >= 11 is 0. The number of hydrogen-bond donors (Lipinski definition) is 0. The molecule has 1 fully saturated rings. The summed E-state index contributed by atoms with van der Waals surface area (Å²) < 4.78 is 0. The number of hydrogen-bond acceptors (Lipinski definition) is 3. The zero-order valence-electron chi connectivity index (χ0n) is 11.3. The van der Waals surface area contributed by atoms with E-state index in [1.807, 2.05) is 12.1 Å². The number of rotatable bonds is 3. The van der Waals surface area contributed by atoms with Crippen LogP contribution in [0.5, 0.6) is 0 Å². The molecule has 1 aliphatic rings. The molecule has 3 nitrogen and oxygen atoms in total. The van der Waals surface area contributed by atoms with Gasteiger partial charge >= 0.3 is 0 Å². The van der Waals surface area contributed by atoms with Gasteiger partial charge in [-0.2, -0.15) is 5.26 Å². The molecule has 0 radical (unpaired) electrons. The maximum absolute atomic E-state index is 8.79. The van der Waals surface area contributed by atoms with E-state index in [9.17, 15) is 0 Å². The summed E-state index contributed by atoms with van der Waals surface area (Å²) in [6, 6.07) is 6.52. The molecule has 1 heterocycles. The van der Waals surface area contributed by atoms with Gasteiger partial charge < -0.3 is 4.90 Å². The lowest BCUT2D eigenvalue weighted by Gasteiger charge is -2.38. The Labute approximate surface area is 109 Å². The second kappa shape index (κ2) is 5.86. The lowest BCUT2D eigenvalue weighted by molar-refractivity contribution is 0.291. The van der Waals surface area contributed by atoms with Crippen molar-refractivity contribution in [2.24, 2.45) is 5.92 Å². The van der Waals surface area contributed by atoms with Crippen molar-refractivity contribution in [2.75, 3.05) is 11.9 Å². The van der Waals surface area contributed by atoms with E-state index in [-0.39, 0.29) is 0 Å². The fourth-order valence-corrected chi connectivity index (χ4v) is 3.00. The molecule has 2 unspecified atom stereocenters. The van der Waals surface area contributed by atoms with E-state index in [1.165, 1.54) is 32.1 Å². The van der Waals surface area contributed by atoms with Gasteiger partial charge in [-0.05, 0) is 30.9 Å². The molecule has 0 amide bonds. The zero-order valence-corrected chi connectivity index (χ0v) is 11.3. The molecule has 96 valence electrons. The van der Waals surface area contributed by atoms with Crippen LogP contribution in [0.3, 0.4) is 0 Å². The van der Waals surface area contributed by atoms with E-state index in [2.05, 4.69) is 29.9 Å². The van der Waals surface area contributed by atoms with Crippen LogP contribution in [0, 0.1) is 17.2 Å². The highest BCUT2D eigenvalue weighted by Crippen LogP contribution is 2.31. The molecule has 2 atom stereocenters. The molecule has 1 saturated carbocycles. The van der Waals surface area contributed by atoms with Crippen molar-refractivity contribution in [3.05, 3.63) is 23.9 Å². The van der Waals surface area contributed by atoms with Crippen LogP contribution in [0.15, 0.2) is 18.3 Å². The Kier molecular flexibility index (Phi) is 4.19. The van der Waals surface area contributed by atoms with Gasteiger partial charge in [-0.1, -0.05) is 26.2 Å². The Balaban J connectivity index is 2.13. The zero-order chi connectivity index (χ0) is 13.0. The van der Waals surface area contributed by atoms with Gasteiger partial charge in [0.05, 0.1) is 5.56 Å². The average Bonchev–Trinajstić information content (AvgIpc) is 2.46. The van der Waals surface area contributed by atoms with Crippen LogP contribution in [0.1, 0.15) is 44.6 Å². The van der Waals surface area contributed by atoms with Crippen molar-refractivity contribution in [1.82, 2.24) is 4.98 Å². The maximum Gasteiger partial charge on any atom is 0.128 e. The molecule has 3 heteroatoms. The molecular formula is C15H21N3. The summed E-state index contributed by atoms with van der Waals surface area (Å²) in [4.78, 5) is 6.70. The van der Waals surface area contributed by atoms with Crippen LogP contribution >= 0.6 is 0 Å². The first-order chi connectivity index (χ1) is 8.76. The van der Waals surface area contributed by atoms with Crippen molar-refractivity contribution in [3.63, 3.8) is 0 Å². The minimum absolute atomic E-state index is 0.601. The first-order valence-corrected chi connectivity index (χ1v) is 6.85. The Morgan fingerprint density at radius 3 is 2.78 bits per heavy atom. The molecule has 1 aromatic rings. The number of nitrogens with zero attached hydrogens (tertiary/aromatic N) is 3. The largest absolute Gasteiger partial charge is 0.356 e. The van der Waals surface area contributed by atoms with Crippen molar-refractivity contribution in [1.29, 1.82) is 5.26 Å². The Morgan fingerprint density at radius 1 is 1.39 bits per heavy atom. The third kappa shape index (κ3) is 2.64. The summed E-state index contributed by atoms with van der Waals surface area (Å²) in [6.45, 7) is 2.28.